The molecule has 0 amide bonds. The molecule has 20 heavy (non-hydrogen) atoms. The van der Waals surface area contributed by atoms with E-state index in [0.29, 0.717) is 12.5 Å². The third-order valence-electron chi connectivity index (χ3n) is 3.76. The molecule has 0 spiro atoms. The van der Waals surface area contributed by atoms with Crippen molar-refractivity contribution in [3.63, 3.8) is 0 Å². The minimum atomic E-state index is 0.606. The Kier molecular flexibility index (Phi) is 3.76. The van der Waals surface area contributed by atoms with Crippen molar-refractivity contribution in [3.05, 3.63) is 40.4 Å². The number of thiazole rings is 1. The van der Waals surface area contributed by atoms with Gasteiger partial charge < -0.3 is 10.6 Å². The van der Waals surface area contributed by atoms with Gasteiger partial charge in [-0.15, -0.1) is 0 Å². The second kappa shape index (κ2) is 5.54. The van der Waals surface area contributed by atoms with Gasteiger partial charge in [-0.25, -0.2) is 4.98 Å². The molecule has 4 heteroatoms. The summed E-state index contributed by atoms with van der Waals surface area (Å²) in [5.74, 6) is 0.662. The predicted molar refractivity (Wildman–Crippen MR) is 85.8 cm³/mol. The maximum absolute atomic E-state index is 5.88. The van der Waals surface area contributed by atoms with Gasteiger partial charge in [0.2, 0.25) is 0 Å². The first kappa shape index (κ1) is 13.6. The molecule has 0 saturated heterocycles. The van der Waals surface area contributed by atoms with Crippen LogP contribution in [-0.2, 0) is 6.54 Å². The van der Waals surface area contributed by atoms with Crippen molar-refractivity contribution in [2.45, 2.75) is 39.2 Å². The van der Waals surface area contributed by atoms with E-state index in [2.05, 4.69) is 43.0 Å². The Labute approximate surface area is 124 Å². The molecule has 3 rings (SSSR count). The summed E-state index contributed by atoms with van der Waals surface area (Å²) >= 11 is 1.75. The van der Waals surface area contributed by atoms with Crippen molar-refractivity contribution in [2.24, 2.45) is 5.73 Å². The lowest BCUT2D eigenvalue weighted by atomic mass is 10.2. The summed E-state index contributed by atoms with van der Waals surface area (Å²) in [6.45, 7) is 5.81. The summed E-state index contributed by atoms with van der Waals surface area (Å²) in [4.78, 5) is 8.41. The van der Waals surface area contributed by atoms with Gasteiger partial charge >= 0.3 is 0 Å². The molecule has 0 unspecified atom stereocenters. The largest absolute Gasteiger partial charge is 0.326 e. The zero-order valence-corrected chi connectivity index (χ0v) is 12.9. The average molecular weight is 287 g/mol. The monoisotopic (exact) mass is 287 g/mol. The first-order valence-electron chi connectivity index (χ1n) is 7.26. The van der Waals surface area contributed by atoms with Crippen LogP contribution in [0.5, 0.6) is 0 Å². The van der Waals surface area contributed by atoms with E-state index in [1.165, 1.54) is 34.7 Å². The minimum Gasteiger partial charge on any atom is -0.326 e. The Hall–Kier alpha value is -1.39. The molecule has 1 aromatic carbocycles. The normalized spacial score (nSPS) is 14.6. The number of nitrogens with two attached hydrogens (primary N) is 1. The summed E-state index contributed by atoms with van der Waals surface area (Å²) in [6.07, 6.45) is 2.54. The molecule has 1 fully saturated rings. The molecule has 2 N–H and O–H groups in total. The molecule has 106 valence electrons. The van der Waals surface area contributed by atoms with E-state index >= 15 is 0 Å². The molecule has 0 radical (unpaired) electrons. The number of rotatable bonds is 5. The van der Waals surface area contributed by atoms with Crippen LogP contribution in [0.15, 0.2) is 24.3 Å². The third-order valence-corrected chi connectivity index (χ3v) is 4.87. The van der Waals surface area contributed by atoms with Crippen LogP contribution < -0.4 is 10.6 Å². The summed E-state index contributed by atoms with van der Waals surface area (Å²) in [7, 11) is 0. The average Bonchev–Trinajstić information content (AvgIpc) is 3.22. The highest BCUT2D eigenvalue weighted by Crippen LogP contribution is 2.44. The Morgan fingerprint density at radius 2 is 2.00 bits per heavy atom. The highest BCUT2D eigenvalue weighted by Gasteiger charge is 2.30. The summed E-state index contributed by atoms with van der Waals surface area (Å²) in [6, 6.07) is 8.63. The van der Waals surface area contributed by atoms with E-state index in [0.717, 1.165) is 11.7 Å². The molecule has 3 nitrogen and oxygen atoms in total. The smallest absolute Gasteiger partial charge is 0.190 e. The van der Waals surface area contributed by atoms with Gasteiger partial charge in [-0.1, -0.05) is 29.0 Å². The second-order valence-corrected chi connectivity index (χ2v) is 6.43. The second-order valence-electron chi connectivity index (χ2n) is 5.36. The van der Waals surface area contributed by atoms with Crippen LogP contribution in [0.25, 0.3) is 0 Å². The van der Waals surface area contributed by atoms with Crippen molar-refractivity contribution in [2.75, 3.05) is 11.4 Å². The highest BCUT2D eigenvalue weighted by molar-refractivity contribution is 7.15. The third kappa shape index (κ3) is 2.58. The van der Waals surface area contributed by atoms with Gasteiger partial charge in [-0.2, -0.15) is 0 Å². The van der Waals surface area contributed by atoms with Gasteiger partial charge in [0.1, 0.15) is 0 Å². The number of hydrogen-bond acceptors (Lipinski definition) is 4. The van der Waals surface area contributed by atoms with E-state index in [1.807, 2.05) is 0 Å². The molecule has 1 saturated carbocycles. The van der Waals surface area contributed by atoms with Gasteiger partial charge in [0.05, 0.1) is 5.69 Å². The SMILES string of the molecule is CCN(c1ccc(C)cc1)c1nc(C2CC2)c(CN)s1. The van der Waals surface area contributed by atoms with E-state index in [1.54, 1.807) is 11.3 Å². The lowest BCUT2D eigenvalue weighted by Crippen LogP contribution is -2.15. The van der Waals surface area contributed by atoms with Crippen LogP contribution in [0.1, 0.15) is 41.8 Å². The maximum Gasteiger partial charge on any atom is 0.190 e. The summed E-state index contributed by atoms with van der Waals surface area (Å²) < 4.78 is 0. The molecule has 1 aromatic heterocycles. The number of anilines is 2. The van der Waals surface area contributed by atoms with Crippen molar-refractivity contribution >= 4 is 22.2 Å². The van der Waals surface area contributed by atoms with Crippen molar-refractivity contribution < 1.29 is 0 Å². The van der Waals surface area contributed by atoms with Crippen LogP contribution in [0.3, 0.4) is 0 Å². The Balaban J connectivity index is 1.94. The molecule has 0 bridgehead atoms. The highest BCUT2D eigenvalue weighted by atomic mass is 32.1. The van der Waals surface area contributed by atoms with E-state index in [-0.39, 0.29) is 0 Å². The van der Waals surface area contributed by atoms with Crippen molar-refractivity contribution in [1.29, 1.82) is 0 Å². The fourth-order valence-electron chi connectivity index (χ4n) is 2.44. The van der Waals surface area contributed by atoms with E-state index in [9.17, 15) is 0 Å². The van der Waals surface area contributed by atoms with Gasteiger partial charge in [0.15, 0.2) is 5.13 Å². The van der Waals surface area contributed by atoms with Gasteiger partial charge in [0.25, 0.3) is 0 Å². The fourth-order valence-corrected chi connectivity index (χ4v) is 3.55. The number of hydrogen-bond donors (Lipinski definition) is 1. The molecule has 1 aliphatic carbocycles. The Morgan fingerprint density at radius 1 is 1.30 bits per heavy atom. The molecule has 1 heterocycles. The zero-order chi connectivity index (χ0) is 14.1. The van der Waals surface area contributed by atoms with Gasteiger partial charge in [-0.05, 0) is 38.8 Å². The van der Waals surface area contributed by atoms with Crippen LogP contribution >= 0.6 is 11.3 Å². The first-order chi connectivity index (χ1) is 9.72. The zero-order valence-electron chi connectivity index (χ0n) is 12.1. The number of benzene rings is 1. The Morgan fingerprint density at radius 3 is 2.55 bits per heavy atom. The molecule has 2 aromatic rings. The molecular formula is C16H21N3S. The number of nitrogens with zero attached hydrogens (tertiary/aromatic N) is 2. The first-order valence-corrected chi connectivity index (χ1v) is 8.08. The van der Waals surface area contributed by atoms with Crippen LogP contribution in [-0.4, -0.2) is 11.5 Å². The lowest BCUT2D eigenvalue weighted by molar-refractivity contribution is 0.953. The lowest BCUT2D eigenvalue weighted by Gasteiger charge is -2.20. The standard InChI is InChI=1S/C16H21N3S/c1-3-19(13-8-4-11(2)5-9-13)16-18-15(12-6-7-12)14(10-17)20-16/h4-5,8-9,12H,3,6-7,10,17H2,1-2H3. The maximum atomic E-state index is 5.88. The summed E-state index contributed by atoms with van der Waals surface area (Å²) in [5.41, 5.74) is 9.62. The van der Waals surface area contributed by atoms with Crippen LogP contribution in [0, 0.1) is 6.92 Å². The number of aromatic nitrogens is 1. The molecule has 0 atom stereocenters. The fraction of sp³-hybridized carbons (Fsp3) is 0.438. The van der Waals surface area contributed by atoms with Gasteiger partial charge in [-0.3, -0.25) is 0 Å². The summed E-state index contributed by atoms with van der Waals surface area (Å²) in [5, 5.41) is 1.08. The van der Waals surface area contributed by atoms with Crippen molar-refractivity contribution in [3.8, 4) is 0 Å². The molecular weight excluding hydrogens is 266 g/mol. The van der Waals surface area contributed by atoms with Crippen LogP contribution in [0.2, 0.25) is 0 Å². The van der Waals surface area contributed by atoms with Crippen LogP contribution in [0.4, 0.5) is 10.8 Å². The molecule has 0 aliphatic heterocycles. The topological polar surface area (TPSA) is 42.2 Å². The van der Waals surface area contributed by atoms with E-state index < -0.39 is 0 Å². The molecule has 1 aliphatic rings. The number of aryl methyl sites for hydroxylation is 1. The van der Waals surface area contributed by atoms with Gasteiger partial charge in [0, 0.05) is 29.6 Å². The Bertz CT molecular complexity index is 584. The minimum absolute atomic E-state index is 0.606. The predicted octanol–water partition coefficient (Wildman–Crippen LogP) is 3.95. The quantitative estimate of drug-likeness (QED) is 0.905. The van der Waals surface area contributed by atoms with Crippen molar-refractivity contribution in [1.82, 2.24) is 4.98 Å². The van der Waals surface area contributed by atoms with E-state index in [4.69, 9.17) is 10.7 Å².